The molecular formula is C8H13NO3. The smallest absolute Gasteiger partial charge is 0.417 e. The molecule has 1 heterocycles. The van der Waals surface area contributed by atoms with Crippen molar-refractivity contribution >= 4 is 6.09 Å². The van der Waals surface area contributed by atoms with Crippen LogP contribution in [-0.2, 0) is 9.47 Å². The minimum absolute atomic E-state index is 0.245. The maximum absolute atomic E-state index is 11.2. The number of carbonyl (C=O) groups is 1. The Morgan fingerprint density at radius 3 is 2.67 bits per heavy atom. The van der Waals surface area contributed by atoms with Gasteiger partial charge in [-0.25, -0.2) is 9.69 Å². The zero-order valence-corrected chi connectivity index (χ0v) is 7.53. The third-order valence-electron chi connectivity index (χ3n) is 1.18. The van der Waals surface area contributed by atoms with Crippen LogP contribution in [0.2, 0.25) is 0 Å². The van der Waals surface area contributed by atoms with E-state index >= 15 is 0 Å². The Morgan fingerprint density at radius 2 is 2.25 bits per heavy atom. The fraction of sp³-hybridized carbons (Fsp3) is 0.625. The highest BCUT2D eigenvalue weighted by Gasteiger charge is 2.22. The van der Waals surface area contributed by atoms with Crippen molar-refractivity contribution in [1.29, 1.82) is 0 Å². The molecule has 12 heavy (non-hydrogen) atoms. The van der Waals surface area contributed by atoms with E-state index in [1.165, 1.54) is 11.2 Å². The van der Waals surface area contributed by atoms with Crippen LogP contribution in [0.25, 0.3) is 0 Å². The normalized spacial score (nSPS) is 16.1. The van der Waals surface area contributed by atoms with Crippen LogP contribution in [0.15, 0.2) is 12.5 Å². The molecule has 0 aliphatic carbocycles. The minimum Gasteiger partial charge on any atom is -0.479 e. The molecule has 0 spiro atoms. The summed E-state index contributed by atoms with van der Waals surface area (Å²) in [4.78, 5) is 12.6. The van der Waals surface area contributed by atoms with Crippen LogP contribution in [0.3, 0.4) is 0 Å². The van der Waals surface area contributed by atoms with Crippen molar-refractivity contribution in [2.24, 2.45) is 0 Å². The van der Waals surface area contributed by atoms with Gasteiger partial charge in [-0.05, 0) is 20.8 Å². The van der Waals surface area contributed by atoms with Crippen LogP contribution in [0.5, 0.6) is 0 Å². The van der Waals surface area contributed by atoms with E-state index in [1.807, 2.05) is 20.8 Å². The van der Waals surface area contributed by atoms with Crippen molar-refractivity contribution in [1.82, 2.24) is 4.90 Å². The monoisotopic (exact) mass is 171 g/mol. The van der Waals surface area contributed by atoms with Gasteiger partial charge in [0.15, 0.2) is 6.73 Å². The number of hydrogen-bond donors (Lipinski definition) is 0. The molecule has 1 rings (SSSR count). The van der Waals surface area contributed by atoms with Gasteiger partial charge < -0.3 is 9.47 Å². The van der Waals surface area contributed by atoms with E-state index < -0.39 is 5.60 Å². The van der Waals surface area contributed by atoms with Crippen LogP contribution < -0.4 is 0 Å². The van der Waals surface area contributed by atoms with Crippen molar-refractivity contribution in [3.8, 4) is 0 Å². The van der Waals surface area contributed by atoms with E-state index in [9.17, 15) is 4.79 Å². The fourth-order valence-corrected chi connectivity index (χ4v) is 0.717. The molecule has 0 saturated carbocycles. The highest BCUT2D eigenvalue weighted by Crippen LogP contribution is 2.11. The highest BCUT2D eigenvalue weighted by molar-refractivity contribution is 5.69. The molecule has 0 bridgehead atoms. The Bertz CT molecular complexity index is 205. The molecule has 4 nitrogen and oxygen atoms in total. The van der Waals surface area contributed by atoms with Crippen molar-refractivity contribution in [3.63, 3.8) is 0 Å². The average Bonchev–Trinajstić information content (AvgIpc) is 2.32. The molecule has 0 aromatic carbocycles. The topological polar surface area (TPSA) is 38.8 Å². The van der Waals surface area contributed by atoms with E-state index in [1.54, 1.807) is 6.20 Å². The Balaban J connectivity index is 2.43. The first-order valence-electron chi connectivity index (χ1n) is 3.77. The summed E-state index contributed by atoms with van der Waals surface area (Å²) in [5, 5.41) is 0. The second-order valence-corrected chi connectivity index (χ2v) is 3.53. The first-order valence-corrected chi connectivity index (χ1v) is 3.77. The molecule has 68 valence electrons. The number of rotatable bonds is 0. The zero-order chi connectivity index (χ0) is 9.19. The summed E-state index contributed by atoms with van der Waals surface area (Å²) in [6.45, 7) is 5.72. The number of ether oxygens (including phenoxy) is 2. The van der Waals surface area contributed by atoms with E-state index in [0.717, 1.165) is 0 Å². The zero-order valence-electron chi connectivity index (χ0n) is 7.53. The molecule has 0 saturated heterocycles. The molecule has 0 atom stereocenters. The minimum atomic E-state index is -0.451. The van der Waals surface area contributed by atoms with E-state index in [2.05, 4.69) is 0 Å². The Morgan fingerprint density at radius 1 is 1.58 bits per heavy atom. The van der Waals surface area contributed by atoms with Gasteiger partial charge in [0.1, 0.15) is 11.9 Å². The number of carbonyl (C=O) groups excluding carboxylic acids is 1. The van der Waals surface area contributed by atoms with Crippen LogP contribution in [0.4, 0.5) is 4.79 Å². The summed E-state index contributed by atoms with van der Waals surface area (Å²) in [5.74, 6) is 0. The van der Waals surface area contributed by atoms with Crippen LogP contribution in [0, 0.1) is 0 Å². The molecule has 0 unspecified atom stereocenters. The van der Waals surface area contributed by atoms with Gasteiger partial charge in [0.2, 0.25) is 0 Å². The maximum atomic E-state index is 11.2. The second-order valence-electron chi connectivity index (χ2n) is 3.53. The quantitative estimate of drug-likeness (QED) is 0.556. The number of hydrogen-bond acceptors (Lipinski definition) is 3. The lowest BCUT2D eigenvalue weighted by molar-refractivity contribution is 0.0244. The van der Waals surface area contributed by atoms with E-state index in [0.29, 0.717) is 0 Å². The largest absolute Gasteiger partial charge is 0.479 e. The lowest BCUT2D eigenvalue weighted by Crippen LogP contribution is -2.32. The Hall–Kier alpha value is -1.19. The standard InChI is InChI=1S/C8H13NO3/c1-8(2,3)12-7(10)9-4-5-11-6-9/h4-5H,6H2,1-3H3. The van der Waals surface area contributed by atoms with Gasteiger partial charge in [0.05, 0.1) is 0 Å². The summed E-state index contributed by atoms with van der Waals surface area (Å²) < 4.78 is 9.91. The molecule has 1 aliphatic rings. The van der Waals surface area contributed by atoms with Gasteiger partial charge in [-0.15, -0.1) is 0 Å². The maximum Gasteiger partial charge on any atom is 0.417 e. The average molecular weight is 171 g/mol. The molecule has 0 fully saturated rings. The summed E-state index contributed by atoms with van der Waals surface area (Å²) in [5.41, 5.74) is -0.451. The molecule has 0 aromatic heterocycles. The SMILES string of the molecule is CC(C)(C)OC(=O)N1C=COC1. The van der Waals surface area contributed by atoms with Gasteiger partial charge >= 0.3 is 6.09 Å². The molecule has 0 N–H and O–H groups in total. The van der Waals surface area contributed by atoms with E-state index in [4.69, 9.17) is 9.47 Å². The summed E-state index contributed by atoms with van der Waals surface area (Å²) >= 11 is 0. The van der Waals surface area contributed by atoms with Gasteiger partial charge in [-0.3, -0.25) is 0 Å². The van der Waals surface area contributed by atoms with Crippen LogP contribution >= 0.6 is 0 Å². The van der Waals surface area contributed by atoms with Crippen molar-refractivity contribution in [3.05, 3.63) is 12.5 Å². The highest BCUT2D eigenvalue weighted by atomic mass is 16.6. The molecule has 0 aromatic rings. The predicted molar refractivity (Wildman–Crippen MR) is 43.2 cm³/mol. The number of nitrogens with zero attached hydrogens (tertiary/aromatic N) is 1. The first kappa shape index (κ1) is 8.90. The third-order valence-corrected chi connectivity index (χ3v) is 1.18. The summed E-state index contributed by atoms with van der Waals surface area (Å²) in [7, 11) is 0. The van der Waals surface area contributed by atoms with Crippen molar-refractivity contribution < 1.29 is 14.3 Å². The molecule has 1 amide bonds. The first-order chi connectivity index (χ1) is 5.49. The van der Waals surface area contributed by atoms with Crippen molar-refractivity contribution in [2.45, 2.75) is 26.4 Å². The lowest BCUT2D eigenvalue weighted by atomic mass is 10.2. The predicted octanol–water partition coefficient (Wildman–Crippen LogP) is 1.68. The van der Waals surface area contributed by atoms with Crippen molar-refractivity contribution in [2.75, 3.05) is 6.73 Å². The van der Waals surface area contributed by atoms with Crippen LogP contribution in [-0.4, -0.2) is 23.3 Å². The van der Waals surface area contributed by atoms with Gasteiger partial charge in [0.25, 0.3) is 0 Å². The lowest BCUT2D eigenvalue weighted by Gasteiger charge is -2.22. The van der Waals surface area contributed by atoms with E-state index in [-0.39, 0.29) is 12.8 Å². The second kappa shape index (κ2) is 3.05. The molecular weight excluding hydrogens is 158 g/mol. The van der Waals surface area contributed by atoms with Gasteiger partial charge in [-0.2, -0.15) is 0 Å². The number of amides is 1. The summed E-state index contributed by atoms with van der Waals surface area (Å²) in [6, 6.07) is 0. The third kappa shape index (κ3) is 2.45. The summed E-state index contributed by atoms with van der Waals surface area (Å²) in [6.07, 6.45) is 2.63. The molecule has 0 radical (unpaired) electrons. The Labute approximate surface area is 71.7 Å². The van der Waals surface area contributed by atoms with Gasteiger partial charge in [0, 0.05) is 6.20 Å². The molecule has 4 heteroatoms. The van der Waals surface area contributed by atoms with Gasteiger partial charge in [-0.1, -0.05) is 0 Å². The molecule has 1 aliphatic heterocycles. The van der Waals surface area contributed by atoms with Crippen LogP contribution in [0.1, 0.15) is 20.8 Å². The Kier molecular flexibility index (Phi) is 2.26. The fourth-order valence-electron chi connectivity index (χ4n) is 0.717.